The fraction of sp³-hybridized carbons (Fsp3) is 0.692. The Bertz CT molecular complexity index is 425. The highest BCUT2D eigenvalue weighted by atomic mass is 16.5. The zero-order chi connectivity index (χ0) is 13.8. The van der Waals surface area contributed by atoms with E-state index in [-0.39, 0.29) is 24.0 Å². The Balaban J connectivity index is 2.27. The minimum atomic E-state index is -0.368. The SMILES string of the molecule is COC(=O)C(C(C)C)n1cncc1C1CNCCO1. The van der Waals surface area contributed by atoms with Gasteiger partial charge in [-0.3, -0.25) is 0 Å². The summed E-state index contributed by atoms with van der Waals surface area (Å²) in [6, 6.07) is -0.368. The molecule has 0 spiro atoms. The average molecular weight is 267 g/mol. The normalized spacial score (nSPS) is 21.4. The standard InChI is InChI=1S/C13H21N3O3/c1-9(2)12(13(17)18-3)16-8-15-6-10(16)11-7-14-4-5-19-11/h6,8-9,11-12,14H,4-5,7H2,1-3H3. The maximum absolute atomic E-state index is 12.0. The van der Waals surface area contributed by atoms with Crippen molar-refractivity contribution < 1.29 is 14.3 Å². The van der Waals surface area contributed by atoms with E-state index >= 15 is 0 Å². The summed E-state index contributed by atoms with van der Waals surface area (Å²) in [4.78, 5) is 16.1. The first-order valence-electron chi connectivity index (χ1n) is 6.57. The molecule has 6 nitrogen and oxygen atoms in total. The van der Waals surface area contributed by atoms with E-state index < -0.39 is 0 Å². The van der Waals surface area contributed by atoms with Crippen LogP contribution < -0.4 is 5.32 Å². The molecule has 1 aliphatic heterocycles. The van der Waals surface area contributed by atoms with Gasteiger partial charge >= 0.3 is 5.97 Å². The van der Waals surface area contributed by atoms with Crippen LogP contribution in [0.1, 0.15) is 31.7 Å². The Morgan fingerprint density at radius 1 is 1.63 bits per heavy atom. The molecule has 0 radical (unpaired) electrons. The topological polar surface area (TPSA) is 65.4 Å². The second-order valence-corrected chi connectivity index (χ2v) is 5.00. The first-order chi connectivity index (χ1) is 9.15. The van der Waals surface area contributed by atoms with Gasteiger partial charge in [-0.2, -0.15) is 0 Å². The molecule has 1 aromatic rings. The molecule has 0 amide bonds. The number of carbonyl (C=O) groups excluding carboxylic acids is 1. The predicted octanol–water partition coefficient (Wildman–Crippen LogP) is 0.914. The molecule has 2 unspecified atom stereocenters. The number of ether oxygens (including phenoxy) is 2. The van der Waals surface area contributed by atoms with Crippen LogP contribution in [0.4, 0.5) is 0 Å². The Kier molecular flexibility index (Phi) is 4.55. The Labute approximate surface area is 113 Å². The molecule has 1 aromatic heterocycles. The number of morpholine rings is 1. The van der Waals surface area contributed by atoms with E-state index in [1.807, 2.05) is 18.4 Å². The zero-order valence-electron chi connectivity index (χ0n) is 11.6. The molecular weight excluding hydrogens is 246 g/mol. The van der Waals surface area contributed by atoms with Gasteiger partial charge in [-0.05, 0) is 5.92 Å². The van der Waals surface area contributed by atoms with Crippen LogP contribution in [0.2, 0.25) is 0 Å². The van der Waals surface area contributed by atoms with Crippen molar-refractivity contribution in [2.45, 2.75) is 26.0 Å². The molecular formula is C13H21N3O3. The minimum Gasteiger partial charge on any atom is -0.467 e. The number of hydrogen-bond acceptors (Lipinski definition) is 5. The largest absolute Gasteiger partial charge is 0.467 e. The molecule has 0 bridgehead atoms. The zero-order valence-corrected chi connectivity index (χ0v) is 11.6. The van der Waals surface area contributed by atoms with Crippen LogP contribution in [0.5, 0.6) is 0 Å². The summed E-state index contributed by atoms with van der Waals surface area (Å²) in [6.07, 6.45) is 3.37. The second-order valence-electron chi connectivity index (χ2n) is 5.00. The number of aromatic nitrogens is 2. The molecule has 6 heteroatoms. The predicted molar refractivity (Wildman–Crippen MR) is 69.7 cm³/mol. The van der Waals surface area contributed by atoms with Gasteiger partial charge in [-0.25, -0.2) is 9.78 Å². The smallest absolute Gasteiger partial charge is 0.329 e. The molecule has 2 atom stereocenters. The van der Waals surface area contributed by atoms with Crippen molar-refractivity contribution in [2.75, 3.05) is 26.8 Å². The fourth-order valence-electron chi connectivity index (χ4n) is 2.38. The van der Waals surface area contributed by atoms with Crippen molar-refractivity contribution in [1.82, 2.24) is 14.9 Å². The van der Waals surface area contributed by atoms with Crippen LogP contribution in [-0.2, 0) is 14.3 Å². The molecule has 2 rings (SSSR count). The highest BCUT2D eigenvalue weighted by molar-refractivity contribution is 5.74. The van der Waals surface area contributed by atoms with Gasteiger partial charge in [-0.15, -0.1) is 0 Å². The summed E-state index contributed by atoms with van der Waals surface area (Å²) in [6.45, 7) is 6.24. The van der Waals surface area contributed by atoms with Crippen LogP contribution in [-0.4, -0.2) is 42.3 Å². The van der Waals surface area contributed by atoms with Gasteiger partial charge in [0, 0.05) is 13.1 Å². The maximum Gasteiger partial charge on any atom is 0.329 e. The van der Waals surface area contributed by atoms with E-state index in [2.05, 4.69) is 10.3 Å². The van der Waals surface area contributed by atoms with Crippen LogP contribution in [0.3, 0.4) is 0 Å². The third-order valence-corrected chi connectivity index (χ3v) is 3.33. The molecule has 106 valence electrons. The number of rotatable bonds is 4. The van der Waals surface area contributed by atoms with E-state index in [0.29, 0.717) is 6.61 Å². The first kappa shape index (κ1) is 14.0. The number of nitrogens with zero attached hydrogens (tertiary/aromatic N) is 2. The van der Waals surface area contributed by atoms with Gasteiger partial charge in [0.1, 0.15) is 12.1 Å². The van der Waals surface area contributed by atoms with Gasteiger partial charge in [0.25, 0.3) is 0 Å². The average Bonchev–Trinajstić information content (AvgIpc) is 2.88. The summed E-state index contributed by atoms with van der Waals surface area (Å²) < 4.78 is 12.5. The Morgan fingerprint density at radius 2 is 2.42 bits per heavy atom. The van der Waals surface area contributed by atoms with Crippen molar-refractivity contribution in [3.8, 4) is 0 Å². The van der Waals surface area contributed by atoms with Crippen LogP contribution in [0.25, 0.3) is 0 Å². The molecule has 0 saturated carbocycles. The summed E-state index contributed by atoms with van der Waals surface area (Å²) in [7, 11) is 1.41. The van der Waals surface area contributed by atoms with Crippen LogP contribution >= 0.6 is 0 Å². The molecule has 2 heterocycles. The van der Waals surface area contributed by atoms with Crippen LogP contribution in [0, 0.1) is 5.92 Å². The fourth-order valence-corrected chi connectivity index (χ4v) is 2.38. The van der Waals surface area contributed by atoms with E-state index in [1.165, 1.54) is 7.11 Å². The first-order valence-corrected chi connectivity index (χ1v) is 6.57. The summed E-state index contributed by atoms with van der Waals surface area (Å²) in [5, 5.41) is 3.28. The molecule has 1 fully saturated rings. The van der Waals surface area contributed by atoms with E-state index in [0.717, 1.165) is 18.8 Å². The Hall–Kier alpha value is -1.40. The summed E-state index contributed by atoms with van der Waals surface area (Å²) in [5.74, 6) is -0.130. The molecule has 0 aromatic carbocycles. The van der Waals surface area contributed by atoms with Gasteiger partial charge in [0.15, 0.2) is 0 Å². The van der Waals surface area contributed by atoms with Gasteiger partial charge in [0.2, 0.25) is 0 Å². The third kappa shape index (κ3) is 2.96. The third-order valence-electron chi connectivity index (χ3n) is 3.33. The molecule has 1 N–H and O–H groups in total. The number of methoxy groups -OCH3 is 1. The summed E-state index contributed by atoms with van der Waals surface area (Å²) in [5.41, 5.74) is 0.913. The van der Waals surface area contributed by atoms with Gasteiger partial charge in [-0.1, -0.05) is 13.8 Å². The Morgan fingerprint density at radius 3 is 3.00 bits per heavy atom. The van der Waals surface area contributed by atoms with E-state index in [4.69, 9.17) is 9.47 Å². The van der Waals surface area contributed by atoms with Crippen molar-refractivity contribution in [2.24, 2.45) is 5.92 Å². The van der Waals surface area contributed by atoms with Crippen molar-refractivity contribution >= 4 is 5.97 Å². The quantitative estimate of drug-likeness (QED) is 0.822. The number of nitrogens with one attached hydrogen (secondary N) is 1. The highest BCUT2D eigenvalue weighted by Gasteiger charge is 2.29. The molecule has 1 saturated heterocycles. The van der Waals surface area contributed by atoms with Crippen molar-refractivity contribution in [3.63, 3.8) is 0 Å². The number of hydrogen-bond donors (Lipinski definition) is 1. The number of imidazole rings is 1. The number of esters is 1. The highest BCUT2D eigenvalue weighted by Crippen LogP contribution is 2.26. The van der Waals surface area contributed by atoms with E-state index in [1.54, 1.807) is 12.5 Å². The second kappa shape index (κ2) is 6.16. The van der Waals surface area contributed by atoms with E-state index in [9.17, 15) is 4.79 Å². The van der Waals surface area contributed by atoms with Gasteiger partial charge < -0.3 is 19.4 Å². The monoisotopic (exact) mass is 267 g/mol. The van der Waals surface area contributed by atoms with Crippen molar-refractivity contribution in [3.05, 3.63) is 18.2 Å². The molecule has 0 aliphatic carbocycles. The summed E-state index contributed by atoms with van der Waals surface area (Å²) >= 11 is 0. The lowest BCUT2D eigenvalue weighted by atomic mass is 10.0. The minimum absolute atomic E-state index is 0.0674. The number of carbonyl (C=O) groups is 1. The van der Waals surface area contributed by atoms with Crippen molar-refractivity contribution in [1.29, 1.82) is 0 Å². The lowest BCUT2D eigenvalue weighted by Crippen LogP contribution is -2.36. The van der Waals surface area contributed by atoms with Crippen LogP contribution in [0.15, 0.2) is 12.5 Å². The maximum atomic E-state index is 12.0. The lowest BCUT2D eigenvalue weighted by Gasteiger charge is -2.28. The molecule has 19 heavy (non-hydrogen) atoms. The molecule has 1 aliphatic rings. The van der Waals surface area contributed by atoms with Gasteiger partial charge in [0.05, 0.1) is 31.9 Å². The lowest BCUT2D eigenvalue weighted by molar-refractivity contribution is -0.146.